The third-order valence-electron chi connectivity index (χ3n) is 4.79. The lowest BCUT2D eigenvalue weighted by Crippen LogP contribution is -2.62. The molecule has 2 rings (SSSR count). The molecule has 2 nitrogen and oxygen atoms in total. The maximum Gasteiger partial charge on any atom is 0.0721 e. The third-order valence-corrected chi connectivity index (χ3v) is 5.28. The molecule has 1 aliphatic rings. The Morgan fingerprint density at radius 1 is 1.37 bits per heavy atom. The molecular weight excluding hydrogens is 302 g/mol. The summed E-state index contributed by atoms with van der Waals surface area (Å²) in [5.74, 6) is 0. The molecule has 1 fully saturated rings. The predicted octanol–water partition coefficient (Wildman–Crippen LogP) is 4.13. The molecule has 0 radical (unpaired) electrons. The number of benzene rings is 1. The zero-order valence-corrected chi connectivity index (χ0v) is 13.7. The minimum absolute atomic E-state index is 0.320. The number of ether oxygens (including phenoxy) is 1. The average Bonchev–Trinajstić information content (AvgIpc) is 2.39. The summed E-state index contributed by atoms with van der Waals surface area (Å²) in [4.78, 5) is 0. The van der Waals surface area contributed by atoms with Gasteiger partial charge in [-0.15, -0.1) is 0 Å². The van der Waals surface area contributed by atoms with Crippen LogP contribution in [-0.4, -0.2) is 19.2 Å². The fourth-order valence-corrected chi connectivity index (χ4v) is 3.86. The van der Waals surface area contributed by atoms with Gasteiger partial charge in [0.05, 0.1) is 12.7 Å². The lowest BCUT2D eigenvalue weighted by molar-refractivity contribution is -0.145. The molecule has 1 aromatic carbocycles. The minimum Gasteiger partial charge on any atom is -0.373 e. The molecule has 106 valence electrons. The molecule has 1 N–H and O–H groups in total. The van der Waals surface area contributed by atoms with Gasteiger partial charge in [0.2, 0.25) is 0 Å². The zero-order valence-electron chi connectivity index (χ0n) is 12.1. The molecule has 0 aromatic heterocycles. The molecule has 2 unspecified atom stereocenters. The van der Waals surface area contributed by atoms with Crippen molar-refractivity contribution in [2.45, 2.75) is 51.9 Å². The molecule has 2 atom stereocenters. The summed E-state index contributed by atoms with van der Waals surface area (Å²) in [5.41, 5.74) is 1.56. The molecule has 0 saturated heterocycles. The molecule has 1 aliphatic carbocycles. The Labute approximate surface area is 125 Å². The molecule has 0 aliphatic heterocycles. The van der Waals surface area contributed by atoms with E-state index in [0.717, 1.165) is 10.9 Å². The van der Waals surface area contributed by atoms with Crippen molar-refractivity contribution >= 4 is 15.9 Å². The zero-order chi connectivity index (χ0) is 13.9. The van der Waals surface area contributed by atoms with Crippen molar-refractivity contribution in [3.8, 4) is 0 Å². The van der Waals surface area contributed by atoms with E-state index in [0.29, 0.717) is 24.2 Å². The standard InChI is InChI=1S/C16H24BrNO/c1-4-16(5-2)14(18-3)10-15(16)19-11-12-7-6-8-13(17)9-12/h6-9,14-15,18H,4-5,10-11H2,1-3H3. The number of rotatable bonds is 6. The fourth-order valence-electron chi connectivity index (χ4n) is 3.41. The average molecular weight is 326 g/mol. The maximum absolute atomic E-state index is 6.19. The van der Waals surface area contributed by atoms with Crippen LogP contribution in [-0.2, 0) is 11.3 Å². The summed E-state index contributed by atoms with van der Waals surface area (Å²) in [7, 11) is 2.06. The lowest BCUT2D eigenvalue weighted by Gasteiger charge is -2.55. The van der Waals surface area contributed by atoms with Crippen LogP contribution in [0.2, 0.25) is 0 Å². The summed E-state index contributed by atoms with van der Waals surface area (Å²) in [5, 5.41) is 3.44. The van der Waals surface area contributed by atoms with Crippen LogP contribution < -0.4 is 5.32 Å². The molecular formula is C16H24BrNO. The van der Waals surface area contributed by atoms with Crippen molar-refractivity contribution in [1.82, 2.24) is 5.32 Å². The van der Waals surface area contributed by atoms with Crippen LogP contribution in [0.1, 0.15) is 38.7 Å². The molecule has 0 heterocycles. The summed E-state index contributed by atoms with van der Waals surface area (Å²) in [6.07, 6.45) is 3.88. The van der Waals surface area contributed by atoms with E-state index in [1.54, 1.807) is 0 Å². The Morgan fingerprint density at radius 3 is 2.68 bits per heavy atom. The number of hydrogen-bond donors (Lipinski definition) is 1. The molecule has 0 amide bonds. The van der Waals surface area contributed by atoms with E-state index in [2.05, 4.69) is 60.3 Å². The van der Waals surface area contributed by atoms with Gasteiger partial charge in [-0.05, 0) is 44.0 Å². The van der Waals surface area contributed by atoms with Crippen LogP contribution in [0.5, 0.6) is 0 Å². The highest BCUT2D eigenvalue weighted by molar-refractivity contribution is 9.10. The van der Waals surface area contributed by atoms with E-state index < -0.39 is 0 Å². The molecule has 1 aromatic rings. The first-order valence-electron chi connectivity index (χ1n) is 7.19. The predicted molar refractivity (Wildman–Crippen MR) is 83.2 cm³/mol. The largest absolute Gasteiger partial charge is 0.373 e. The second-order valence-corrected chi connectivity index (χ2v) is 6.36. The van der Waals surface area contributed by atoms with Crippen molar-refractivity contribution in [3.63, 3.8) is 0 Å². The molecule has 3 heteroatoms. The molecule has 1 saturated carbocycles. The van der Waals surface area contributed by atoms with Crippen molar-refractivity contribution in [3.05, 3.63) is 34.3 Å². The van der Waals surface area contributed by atoms with Gasteiger partial charge < -0.3 is 10.1 Å². The Kier molecular flexibility index (Phi) is 5.04. The van der Waals surface area contributed by atoms with Crippen molar-refractivity contribution in [2.24, 2.45) is 5.41 Å². The second kappa shape index (κ2) is 6.38. The topological polar surface area (TPSA) is 21.3 Å². The highest BCUT2D eigenvalue weighted by atomic mass is 79.9. The van der Waals surface area contributed by atoms with Crippen LogP contribution >= 0.6 is 15.9 Å². The molecule has 0 bridgehead atoms. The lowest BCUT2D eigenvalue weighted by atomic mass is 9.58. The van der Waals surface area contributed by atoms with E-state index in [9.17, 15) is 0 Å². The summed E-state index contributed by atoms with van der Waals surface area (Å²) >= 11 is 3.51. The first-order chi connectivity index (χ1) is 9.16. The number of hydrogen-bond acceptors (Lipinski definition) is 2. The highest BCUT2D eigenvalue weighted by Crippen LogP contribution is 2.49. The summed E-state index contributed by atoms with van der Waals surface area (Å²) < 4.78 is 7.31. The van der Waals surface area contributed by atoms with Gasteiger partial charge in [0, 0.05) is 15.9 Å². The van der Waals surface area contributed by atoms with E-state index in [-0.39, 0.29) is 0 Å². The van der Waals surface area contributed by atoms with Crippen LogP contribution in [0, 0.1) is 5.41 Å². The van der Waals surface area contributed by atoms with Gasteiger partial charge in [0.25, 0.3) is 0 Å². The van der Waals surface area contributed by atoms with Crippen molar-refractivity contribution in [1.29, 1.82) is 0 Å². The van der Waals surface area contributed by atoms with Crippen LogP contribution in [0.4, 0.5) is 0 Å². The van der Waals surface area contributed by atoms with E-state index in [1.807, 2.05) is 6.07 Å². The number of nitrogens with one attached hydrogen (secondary N) is 1. The second-order valence-electron chi connectivity index (χ2n) is 5.45. The van der Waals surface area contributed by atoms with Crippen LogP contribution in [0.15, 0.2) is 28.7 Å². The SMILES string of the molecule is CCC1(CC)C(NC)CC1OCc1cccc(Br)c1. The first kappa shape index (κ1) is 15.0. The van der Waals surface area contributed by atoms with E-state index >= 15 is 0 Å². The normalized spacial score (nSPS) is 25.1. The quantitative estimate of drug-likeness (QED) is 0.849. The Hall–Kier alpha value is -0.380. The minimum atomic E-state index is 0.320. The Bertz CT molecular complexity index is 417. The fraction of sp³-hybridized carbons (Fsp3) is 0.625. The third kappa shape index (κ3) is 2.88. The van der Waals surface area contributed by atoms with Gasteiger partial charge in [0.15, 0.2) is 0 Å². The smallest absolute Gasteiger partial charge is 0.0721 e. The van der Waals surface area contributed by atoms with Gasteiger partial charge in [0.1, 0.15) is 0 Å². The number of halogens is 1. The molecule has 0 spiro atoms. The van der Waals surface area contributed by atoms with Crippen LogP contribution in [0.25, 0.3) is 0 Å². The van der Waals surface area contributed by atoms with Gasteiger partial charge >= 0.3 is 0 Å². The van der Waals surface area contributed by atoms with Crippen LogP contribution in [0.3, 0.4) is 0 Å². The van der Waals surface area contributed by atoms with Crippen molar-refractivity contribution in [2.75, 3.05) is 7.05 Å². The van der Waals surface area contributed by atoms with Crippen molar-refractivity contribution < 1.29 is 4.74 Å². The van der Waals surface area contributed by atoms with Gasteiger partial charge in [-0.2, -0.15) is 0 Å². The highest BCUT2D eigenvalue weighted by Gasteiger charge is 2.52. The van der Waals surface area contributed by atoms with E-state index in [4.69, 9.17) is 4.74 Å². The van der Waals surface area contributed by atoms with Gasteiger partial charge in [-0.25, -0.2) is 0 Å². The van der Waals surface area contributed by atoms with Gasteiger partial charge in [-0.1, -0.05) is 41.9 Å². The first-order valence-corrected chi connectivity index (χ1v) is 7.99. The maximum atomic E-state index is 6.19. The molecule has 19 heavy (non-hydrogen) atoms. The summed E-state index contributed by atoms with van der Waals surface area (Å²) in [6.45, 7) is 5.27. The summed E-state index contributed by atoms with van der Waals surface area (Å²) in [6, 6.07) is 8.97. The Morgan fingerprint density at radius 2 is 2.11 bits per heavy atom. The van der Waals surface area contributed by atoms with E-state index in [1.165, 1.54) is 18.4 Å². The van der Waals surface area contributed by atoms with Gasteiger partial charge in [-0.3, -0.25) is 0 Å². The monoisotopic (exact) mass is 325 g/mol. The Balaban J connectivity index is 1.96.